The largest absolute Gasteiger partial charge is 0.324 e. The Morgan fingerprint density at radius 1 is 0.964 bits per heavy atom. The van der Waals surface area contributed by atoms with E-state index in [0.717, 1.165) is 0 Å². The minimum atomic E-state index is -0.539. The third-order valence-electron chi connectivity index (χ3n) is 4.51. The van der Waals surface area contributed by atoms with Gasteiger partial charge in [-0.15, -0.1) is 0 Å². The van der Waals surface area contributed by atoms with Gasteiger partial charge in [0.15, 0.2) is 0 Å². The molecule has 1 saturated heterocycles. The Balaban J connectivity index is 1.50. The number of hydrogen-bond acceptors (Lipinski definition) is 3. The van der Waals surface area contributed by atoms with Crippen molar-refractivity contribution >= 4 is 23.5 Å². The number of rotatable bonds is 3. The normalized spacial score (nSPS) is 16.2. The summed E-state index contributed by atoms with van der Waals surface area (Å²) in [5.41, 5.74) is 5.62. The molecule has 1 atom stereocenters. The van der Waals surface area contributed by atoms with E-state index in [2.05, 4.69) is 16.2 Å². The number of carbonyl (C=O) groups is 3. The number of piperidine rings is 1. The van der Waals surface area contributed by atoms with Gasteiger partial charge in [0, 0.05) is 24.3 Å². The van der Waals surface area contributed by atoms with Crippen molar-refractivity contribution in [1.29, 1.82) is 0 Å². The lowest BCUT2D eigenvalue weighted by molar-refractivity contribution is -0.127. The zero-order valence-corrected chi connectivity index (χ0v) is 15.2. The van der Waals surface area contributed by atoms with Crippen LogP contribution < -0.4 is 16.2 Å². The van der Waals surface area contributed by atoms with Gasteiger partial charge in [-0.2, -0.15) is 0 Å². The topological polar surface area (TPSA) is 90.5 Å². The van der Waals surface area contributed by atoms with Crippen molar-refractivity contribution in [3.63, 3.8) is 0 Å². The van der Waals surface area contributed by atoms with E-state index < -0.39 is 17.6 Å². The molecular formula is C20H21FN4O3. The van der Waals surface area contributed by atoms with Crippen molar-refractivity contribution < 1.29 is 18.8 Å². The number of benzene rings is 2. The lowest BCUT2D eigenvalue weighted by atomic mass is 9.98. The molecule has 2 aromatic carbocycles. The Morgan fingerprint density at radius 3 is 2.39 bits per heavy atom. The highest BCUT2D eigenvalue weighted by molar-refractivity contribution is 5.95. The van der Waals surface area contributed by atoms with Gasteiger partial charge in [0.05, 0.1) is 5.92 Å². The summed E-state index contributed by atoms with van der Waals surface area (Å²) in [5, 5.41) is 2.80. The maximum absolute atomic E-state index is 12.9. The van der Waals surface area contributed by atoms with Gasteiger partial charge in [-0.25, -0.2) is 9.18 Å². The Kier molecular flexibility index (Phi) is 6.21. The fraction of sp³-hybridized carbons (Fsp3) is 0.250. The zero-order chi connectivity index (χ0) is 19.9. The number of para-hydroxylation sites is 1. The number of anilines is 1. The number of urea groups is 1. The van der Waals surface area contributed by atoms with Gasteiger partial charge in [-0.1, -0.05) is 18.2 Å². The molecular weight excluding hydrogens is 363 g/mol. The second-order valence-corrected chi connectivity index (χ2v) is 6.53. The third kappa shape index (κ3) is 5.06. The molecule has 2 aromatic rings. The van der Waals surface area contributed by atoms with E-state index in [1.165, 1.54) is 24.3 Å². The van der Waals surface area contributed by atoms with Gasteiger partial charge in [-0.3, -0.25) is 20.4 Å². The maximum atomic E-state index is 12.9. The Morgan fingerprint density at radius 2 is 1.68 bits per heavy atom. The lowest BCUT2D eigenvalue weighted by Crippen LogP contribution is -2.50. The molecule has 1 heterocycles. The van der Waals surface area contributed by atoms with Crippen LogP contribution in [-0.4, -0.2) is 35.8 Å². The van der Waals surface area contributed by atoms with Crippen LogP contribution >= 0.6 is 0 Å². The monoisotopic (exact) mass is 384 g/mol. The molecule has 1 fully saturated rings. The molecule has 1 aliphatic rings. The van der Waals surface area contributed by atoms with Crippen LogP contribution in [0.15, 0.2) is 54.6 Å². The minimum Gasteiger partial charge on any atom is -0.324 e. The number of nitrogens with one attached hydrogen (secondary N) is 3. The molecule has 146 valence electrons. The fourth-order valence-electron chi connectivity index (χ4n) is 2.99. The minimum absolute atomic E-state index is 0.231. The van der Waals surface area contributed by atoms with Gasteiger partial charge < -0.3 is 10.2 Å². The van der Waals surface area contributed by atoms with Crippen LogP contribution in [0.3, 0.4) is 0 Å². The number of hydrazine groups is 1. The highest BCUT2D eigenvalue weighted by atomic mass is 19.1. The van der Waals surface area contributed by atoms with Crippen LogP contribution in [-0.2, 0) is 4.79 Å². The first-order valence-electron chi connectivity index (χ1n) is 8.99. The quantitative estimate of drug-likeness (QED) is 0.711. The fourth-order valence-corrected chi connectivity index (χ4v) is 2.99. The van der Waals surface area contributed by atoms with Crippen LogP contribution in [0.4, 0.5) is 14.9 Å². The van der Waals surface area contributed by atoms with Crippen molar-refractivity contribution in [3.05, 3.63) is 66.0 Å². The molecule has 0 radical (unpaired) electrons. The van der Waals surface area contributed by atoms with E-state index >= 15 is 0 Å². The molecule has 0 spiro atoms. The number of amides is 4. The molecule has 8 heteroatoms. The van der Waals surface area contributed by atoms with E-state index in [9.17, 15) is 18.8 Å². The van der Waals surface area contributed by atoms with Crippen molar-refractivity contribution in [2.75, 3.05) is 18.4 Å². The summed E-state index contributed by atoms with van der Waals surface area (Å²) in [4.78, 5) is 38.3. The van der Waals surface area contributed by atoms with Crippen molar-refractivity contribution in [3.8, 4) is 0 Å². The molecule has 3 N–H and O–H groups in total. The summed E-state index contributed by atoms with van der Waals surface area (Å²) in [6, 6.07) is 13.8. The predicted octanol–water partition coefficient (Wildman–Crippen LogP) is 2.53. The summed E-state index contributed by atoms with van der Waals surface area (Å²) < 4.78 is 12.9. The number of carbonyl (C=O) groups excluding carboxylic acids is 3. The average molecular weight is 384 g/mol. The summed E-state index contributed by atoms with van der Waals surface area (Å²) in [5.74, 6) is -1.78. The number of hydrogen-bond donors (Lipinski definition) is 3. The standard InChI is InChI=1S/C20H21FN4O3/c21-16-10-8-14(9-11-16)18(26)23-24-19(27)15-5-4-12-25(13-15)20(28)22-17-6-2-1-3-7-17/h1-3,6-11,15H,4-5,12-13H2,(H,22,28)(H,23,26)(H,24,27)/t15-/m1/s1. The van der Waals surface area contributed by atoms with E-state index in [1.807, 2.05) is 18.2 Å². The highest BCUT2D eigenvalue weighted by Gasteiger charge is 2.28. The van der Waals surface area contributed by atoms with Crippen LogP contribution in [0.1, 0.15) is 23.2 Å². The Bertz CT molecular complexity index is 842. The number of halogens is 1. The zero-order valence-electron chi connectivity index (χ0n) is 15.2. The summed E-state index contributed by atoms with van der Waals surface area (Å²) in [6.07, 6.45) is 1.31. The molecule has 28 heavy (non-hydrogen) atoms. The van der Waals surface area contributed by atoms with E-state index in [4.69, 9.17) is 0 Å². The number of likely N-dealkylation sites (tertiary alicyclic amines) is 1. The van der Waals surface area contributed by atoms with Crippen LogP contribution in [0.2, 0.25) is 0 Å². The molecule has 0 unspecified atom stereocenters. The van der Waals surface area contributed by atoms with Gasteiger partial charge in [0.2, 0.25) is 5.91 Å². The lowest BCUT2D eigenvalue weighted by Gasteiger charge is -2.32. The molecule has 3 rings (SSSR count). The molecule has 0 aromatic heterocycles. The summed E-state index contributed by atoms with van der Waals surface area (Å²) >= 11 is 0. The SMILES string of the molecule is O=C(NNC(=O)[C@@H]1CCCN(C(=O)Nc2ccccc2)C1)c1ccc(F)cc1. The van der Waals surface area contributed by atoms with Crippen LogP contribution in [0.5, 0.6) is 0 Å². The first-order valence-corrected chi connectivity index (χ1v) is 8.99. The van der Waals surface area contributed by atoms with E-state index in [0.29, 0.717) is 25.1 Å². The highest BCUT2D eigenvalue weighted by Crippen LogP contribution is 2.18. The van der Waals surface area contributed by atoms with E-state index in [-0.39, 0.29) is 24.0 Å². The second-order valence-electron chi connectivity index (χ2n) is 6.53. The van der Waals surface area contributed by atoms with Crippen molar-refractivity contribution in [1.82, 2.24) is 15.8 Å². The molecule has 7 nitrogen and oxygen atoms in total. The Hall–Kier alpha value is -3.42. The van der Waals surface area contributed by atoms with Gasteiger partial charge in [0.1, 0.15) is 5.82 Å². The molecule has 0 bridgehead atoms. The van der Waals surface area contributed by atoms with E-state index in [1.54, 1.807) is 17.0 Å². The summed E-state index contributed by atoms with van der Waals surface area (Å²) in [7, 11) is 0. The first-order chi connectivity index (χ1) is 13.5. The van der Waals surface area contributed by atoms with Gasteiger partial charge >= 0.3 is 6.03 Å². The summed E-state index contributed by atoms with van der Waals surface area (Å²) in [6.45, 7) is 0.821. The maximum Gasteiger partial charge on any atom is 0.321 e. The molecule has 0 saturated carbocycles. The molecule has 4 amide bonds. The van der Waals surface area contributed by atoms with Crippen molar-refractivity contribution in [2.24, 2.45) is 5.92 Å². The van der Waals surface area contributed by atoms with Gasteiger partial charge in [0.25, 0.3) is 5.91 Å². The Labute approximate surface area is 161 Å². The average Bonchev–Trinajstić information content (AvgIpc) is 2.73. The van der Waals surface area contributed by atoms with Crippen LogP contribution in [0, 0.1) is 11.7 Å². The molecule has 0 aliphatic carbocycles. The van der Waals surface area contributed by atoms with Gasteiger partial charge in [-0.05, 0) is 49.2 Å². The van der Waals surface area contributed by atoms with Crippen molar-refractivity contribution in [2.45, 2.75) is 12.8 Å². The second kappa shape index (κ2) is 8.98. The van der Waals surface area contributed by atoms with Crippen LogP contribution in [0.25, 0.3) is 0 Å². The third-order valence-corrected chi connectivity index (χ3v) is 4.51. The molecule has 1 aliphatic heterocycles. The first kappa shape index (κ1) is 19.3. The number of nitrogens with zero attached hydrogens (tertiary/aromatic N) is 1. The smallest absolute Gasteiger partial charge is 0.321 e. The predicted molar refractivity (Wildman–Crippen MR) is 102 cm³/mol.